The number of anilines is 1. The van der Waals surface area contributed by atoms with Gasteiger partial charge in [0.05, 0.1) is 20.3 Å². The molecule has 0 bridgehead atoms. The fourth-order valence-corrected chi connectivity index (χ4v) is 3.40. The number of rotatable bonds is 9. The van der Waals surface area contributed by atoms with E-state index in [0.29, 0.717) is 23.5 Å². The molecule has 156 valence electrons. The molecule has 3 rings (SSSR count). The summed E-state index contributed by atoms with van der Waals surface area (Å²) in [5.74, 6) is 1.40. The summed E-state index contributed by atoms with van der Waals surface area (Å²) in [6, 6.07) is 21.6. The van der Waals surface area contributed by atoms with Crippen LogP contribution in [0.3, 0.4) is 0 Å². The van der Waals surface area contributed by atoms with Gasteiger partial charge in [-0.15, -0.1) is 0 Å². The van der Waals surface area contributed by atoms with Crippen molar-refractivity contribution in [2.45, 2.75) is 32.7 Å². The number of ether oxygens (including phenoxy) is 2. The molecule has 1 N–H and O–H groups in total. The Morgan fingerprint density at radius 2 is 1.57 bits per heavy atom. The number of Topliss-reactive ketones (excluding diaryl/α,β-unsaturated/α-hetero) is 1. The topological polar surface area (TPSA) is 47.6 Å². The minimum atomic E-state index is -0.203. The van der Waals surface area contributed by atoms with Gasteiger partial charge in [-0.3, -0.25) is 4.79 Å². The summed E-state index contributed by atoms with van der Waals surface area (Å²) in [4.78, 5) is 13.0. The van der Waals surface area contributed by atoms with E-state index in [0.717, 1.165) is 23.2 Å². The van der Waals surface area contributed by atoms with Gasteiger partial charge >= 0.3 is 0 Å². The fourth-order valence-electron chi connectivity index (χ4n) is 3.40. The van der Waals surface area contributed by atoms with E-state index in [1.807, 2.05) is 49.4 Å². The highest BCUT2D eigenvalue weighted by atomic mass is 16.5. The molecule has 0 aliphatic carbocycles. The van der Waals surface area contributed by atoms with Crippen molar-refractivity contribution < 1.29 is 14.3 Å². The summed E-state index contributed by atoms with van der Waals surface area (Å²) in [7, 11) is 3.23. The van der Waals surface area contributed by atoms with E-state index in [9.17, 15) is 4.79 Å². The molecule has 3 aromatic rings. The number of nitrogens with one attached hydrogen (secondary N) is 1. The lowest BCUT2D eigenvalue weighted by molar-refractivity contribution is 0.0976. The average molecular weight is 404 g/mol. The first kappa shape index (κ1) is 21.4. The van der Waals surface area contributed by atoms with Crippen molar-refractivity contribution in [3.63, 3.8) is 0 Å². The lowest BCUT2D eigenvalue weighted by atomic mass is 9.96. The molecule has 0 heterocycles. The van der Waals surface area contributed by atoms with Gasteiger partial charge in [0.15, 0.2) is 17.3 Å². The van der Waals surface area contributed by atoms with Crippen LogP contribution in [0.1, 0.15) is 46.4 Å². The Kier molecular flexibility index (Phi) is 7.12. The maximum Gasteiger partial charge on any atom is 0.165 e. The molecule has 0 aliphatic heterocycles. The van der Waals surface area contributed by atoms with Gasteiger partial charge in [-0.25, -0.2) is 0 Å². The highest BCUT2D eigenvalue weighted by Gasteiger charge is 2.19. The van der Waals surface area contributed by atoms with Gasteiger partial charge in [0.2, 0.25) is 0 Å². The van der Waals surface area contributed by atoms with Crippen molar-refractivity contribution in [1.82, 2.24) is 0 Å². The zero-order chi connectivity index (χ0) is 21.5. The molecule has 4 heteroatoms. The van der Waals surface area contributed by atoms with Gasteiger partial charge in [-0.2, -0.15) is 0 Å². The molecule has 0 aromatic heterocycles. The normalized spacial score (nSPS) is 11.6. The number of hydrogen-bond acceptors (Lipinski definition) is 4. The Labute approximate surface area is 178 Å². The van der Waals surface area contributed by atoms with Crippen LogP contribution in [0.5, 0.6) is 11.5 Å². The lowest BCUT2D eigenvalue weighted by Crippen LogP contribution is -2.16. The lowest BCUT2D eigenvalue weighted by Gasteiger charge is -2.21. The molecular formula is C26H29NO3. The average Bonchev–Trinajstić information content (AvgIpc) is 2.79. The minimum Gasteiger partial charge on any atom is -0.493 e. The van der Waals surface area contributed by atoms with Crippen LogP contribution in [-0.2, 0) is 6.42 Å². The summed E-state index contributed by atoms with van der Waals surface area (Å²) in [6.07, 6.45) is 1.32. The summed E-state index contributed by atoms with van der Waals surface area (Å²) >= 11 is 0. The van der Waals surface area contributed by atoms with Crippen molar-refractivity contribution in [3.8, 4) is 11.5 Å². The highest BCUT2D eigenvalue weighted by molar-refractivity contribution is 5.96. The van der Waals surface area contributed by atoms with Crippen LogP contribution in [0.4, 0.5) is 5.69 Å². The van der Waals surface area contributed by atoms with E-state index in [-0.39, 0.29) is 11.8 Å². The molecule has 0 amide bonds. The van der Waals surface area contributed by atoms with Gasteiger partial charge < -0.3 is 14.8 Å². The van der Waals surface area contributed by atoms with E-state index < -0.39 is 0 Å². The van der Waals surface area contributed by atoms with Gasteiger partial charge in [0, 0.05) is 17.7 Å². The summed E-state index contributed by atoms with van der Waals surface area (Å²) in [6.45, 7) is 4.15. The quantitative estimate of drug-likeness (QED) is 0.445. The second-order valence-corrected chi connectivity index (χ2v) is 7.36. The highest BCUT2D eigenvalue weighted by Crippen LogP contribution is 2.33. The predicted octanol–water partition coefficient (Wildman–Crippen LogP) is 6.00. The first-order valence-electron chi connectivity index (χ1n) is 10.2. The fraction of sp³-hybridized carbons (Fsp3) is 0.269. The first-order chi connectivity index (χ1) is 14.5. The maximum absolute atomic E-state index is 13.0. The second-order valence-electron chi connectivity index (χ2n) is 7.36. The second kappa shape index (κ2) is 9.97. The third kappa shape index (κ3) is 5.20. The van der Waals surface area contributed by atoms with E-state index >= 15 is 0 Å². The van der Waals surface area contributed by atoms with Gasteiger partial charge in [0.25, 0.3) is 0 Å². The van der Waals surface area contributed by atoms with E-state index in [1.54, 1.807) is 14.2 Å². The molecule has 3 aromatic carbocycles. The van der Waals surface area contributed by atoms with Crippen LogP contribution in [0, 0.1) is 6.92 Å². The molecule has 0 spiro atoms. The standard InChI is InChI=1S/C26H29NO3/c1-5-19-8-13-22(14-9-19)27-23(17-24(28)20-10-6-18(2)7-11-20)21-12-15-25(29-3)26(16-21)30-4/h6-16,23,27H,5,17H2,1-4H3. The number of benzene rings is 3. The largest absolute Gasteiger partial charge is 0.493 e. The van der Waals surface area contributed by atoms with Crippen molar-refractivity contribution in [2.75, 3.05) is 19.5 Å². The first-order valence-corrected chi connectivity index (χ1v) is 10.2. The van der Waals surface area contributed by atoms with Crippen molar-refractivity contribution >= 4 is 11.5 Å². The van der Waals surface area contributed by atoms with Gasteiger partial charge in [-0.1, -0.05) is 55.0 Å². The van der Waals surface area contributed by atoms with Crippen molar-refractivity contribution in [3.05, 3.63) is 89.0 Å². The number of aryl methyl sites for hydroxylation is 2. The van der Waals surface area contributed by atoms with Crippen LogP contribution in [-0.4, -0.2) is 20.0 Å². The minimum absolute atomic E-state index is 0.0902. The smallest absolute Gasteiger partial charge is 0.165 e. The molecule has 0 saturated carbocycles. The Balaban J connectivity index is 1.90. The molecule has 0 radical (unpaired) electrons. The molecule has 30 heavy (non-hydrogen) atoms. The van der Waals surface area contributed by atoms with Crippen LogP contribution < -0.4 is 14.8 Å². The van der Waals surface area contributed by atoms with Crippen molar-refractivity contribution in [1.29, 1.82) is 0 Å². The van der Waals surface area contributed by atoms with Crippen molar-refractivity contribution in [2.24, 2.45) is 0 Å². The maximum atomic E-state index is 13.0. The summed E-state index contributed by atoms with van der Waals surface area (Å²) < 4.78 is 10.8. The molecule has 4 nitrogen and oxygen atoms in total. The Bertz CT molecular complexity index is 978. The number of methoxy groups -OCH3 is 2. The van der Waals surface area contributed by atoms with E-state index in [2.05, 4.69) is 36.5 Å². The molecular weight excluding hydrogens is 374 g/mol. The molecule has 0 aliphatic rings. The third-order valence-electron chi connectivity index (χ3n) is 5.28. The molecule has 0 saturated heterocycles. The van der Waals surface area contributed by atoms with Gasteiger partial charge in [-0.05, 0) is 48.7 Å². The Morgan fingerprint density at radius 1 is 0.900 bits per heavy atom. The van der Waals surface area contributed by atoms with Gasteiger partial charge in [0.1, 0.15) is 0 Å². The number of carbonyl (C=O) groups excluding carboxylic acids is 1. The molecule has 1 unspecified atom stereocenters. The number of hydrogen-bond donors (Lipinski definition) is 1. The summed E-state index contributed by atoms with van der Waals surface area (Å²) in [5, 5.41) is 3.53. The molecule has 1 atom stereocenters. The summed E-state index contributed by atoms with van der Waals surface area (Å²) in [5.41, 5.74) is 5.07. The zero-order valence-corrected chi connectivity index (χ0v) is 18.1. The van der Waals surface area contributed by atoms with E-state index in [4.69, 9.17) is 9.47 Å². The number of ketones is 1. The third-order valence-corrected chi connectivity index (χ3v) is 5.28. The predicted molar refractivity (Wildman–Crippen MR) is 122 cm³/mol. The van der Waals surface area contributed by atoms with Crippen LogP contribution in [0.15, 0.2) is 66.7 Å². The zero-order valence-electron chi connectivity index (χ0n) is 18.1. The number of carbonyl (C=O) groups is 1. The Hall–Kier alpha value is -3.27. The van der Waals surface area contributed by atoms with Crippen LogP contribution >= 0.6 is 0 Å². The molecule has 0 fully saturated rings. The van der Waals surface area contributed by atoms with Crippen LogP contribution in [0.2, 0.25) is 0 Å². The monoisotopic (exact) mass is 403 g/mol. The SMILES string of the molecule is CCc1ccc(NC(CC(=O)c2ccc(C)cc2)c2ccc(OC)c(OC)c2)cc1. The Morgan fingerprint density at radius 3 is 2.17 bits per heavy atom. The van der Waals surface area contributed by atoms with Crippen LogP contribution in [0.25, 0.3) is 0 Å². The van der Waals surface area contributed by atoms with E-state index in [1.165, 1.54) is 5.56 Å².